The van der Waals surface area contributed by atoms with Gasteiger partial charge in [-0.1, -0.05) is 266 Å². The highest BCUT2D eigenvalue weighted by Crippen LogP contribution is 2.23. The van der Waals surface area contributed by atoms with Gasteiger partial charge in [0.1, 0.15) is 24.4 Å². The summed E-state index contributed by atoms with van der Waals surface area (Å²) >= 11 is 0. The Kier molecular flexibility index (Phi) is 57.7. The van der Waals surface area contributed by atoms with Gasteiger partial charge in [0.2, 0.25) is 5.91 Å². The van der Waals surface area contributed by atoms with Crippen LogP contribution in [-0.4, -0.2) is 100 Å². The average molecular weight is 1180 g/mol. The summed E-state index contributed by atoms with van der Waals surface area (Å²) in [5.41, 5.74) is 0. The van der Waals surface area contributed by atoms with Crippen molar-refractivity contribution in [3.8, 4) is 0 Å². The molecule has 0 aliphatic carbocycles. The van der Waals surface area contributed by atoms with Gasteiger partial charge in [0.15, 0.2) is 6.29 Å². The third-order valence-electron chi connectivity index (χ3n) is 15.9. The number of unbranched alkanes of at least 4 members (excludes halogenated alkanes) is 34. The summed E-state index contributed by atoms with van der Waals surface area (Å²) in [5.74, 6) is -0.209. The average Bonchev–Trinajstić information content (AvgIpc) is 3.61. The fraction of sp³-hybridized carbons (Fsp3) is 0.781. The second-order valence-electron chi connectivity index (χ2n) is 23.8. The first kappa shape index (κ1) is 78.9. The predicted octanol–water partition coefficient (Wildman–Crippen LogP) is 17.7. The van der Waals surface area contributed by atoms with Crippen LogP contribution in [0.25, 0.3) is 0 Å². The smallest absolute Gasteiger partial charge is 0.305 e. The number of nitrogens with one attached hydrogen (secondary N) is 1. The van der Waals surface area contributed by atoms with E-state index in [1.165, 1.54) is 193 Å². The highest BCUT2D eigenvalue weighted by molar-refractivity contribution is 5.76. The third-order valence-corrected chi connectivity index (χ3v) is 15.9. The van der Waals surface area contributed by atoms with Gasteiger partial charge in [0, 0.05) is 12.8 Å². The molecule has 6 N–H and O–H groups in total. The molecule has 0 aromatic carbocycles. The van der Waals surface area contributed by atoms with Gasteiger partial charge in [-0.3, -0.25) is 9.59 Å². The Balaban J connectivity index is 1.98. The Hall–Kier alpha value is -3.16. The quantitative estimate of drug-likeness (QED) is 0.0195. The maximum absolute atomic E-state index is 13.0. The summed E-state index contributed by atoms with van der Waals surface area (Å²) in [7, 11) is 0. The van der Waals surface area contributed by atoms with Crippen LogP contribution in [0.1, 0.15) is 303 Å². The normalized spacial score (nSPS) is 18.6. The molecule has 1 amide bonds. The van der Waals surface area contributed by atoms with Gasteiger partial charge in [-0.05, 0) is 109 Å². The van der Waals surface area contributed by atoms with Crippen LogP contribution in [0.5, 0.6) is 0 Å². The van der Waals surface area contributed by atoms with Crippen molar-refractivity contribution in [2.75, 3.05) is 19.8 Å². The Morgan fingerprint density at radius 3 is 1.30 bits per heavy atom. The molecule has 1 saturated heterocycles. The lowest BCUT2D eigenvalue weighted by Gasteiger charge is -2.40. The number of ether oxygens (including phenoxy) is 3. The molecule has 0 radical (unpaired) electrons. The molecule has 1 fully saturated rings. The number of hydrogen-bond acceptors (Lipinski definition) is 10. The summed E-state index contributed by atoms with van der Waals surface area (Å²) < 4.78 is 16.7. The zero-order valence-corrected chi connectivity index (χ0v) is 53.8. The van der Waals surface area contributed by atoms with Gasteiger partial charge in [0.25, 0.3) is 0 Å². The van der Waals surface area contributed by atoms with Crippen molar-refractivity contribution < 1.29 is 49.3 Å². The van der Waals surface area contributed by atoms with Crippen LogP contribution >= 0.6 is 0 Å². The van der Waals surface area contributed by atoms with E-state index in [2.05, 4.69) is 92.1 Å². The fourth-order valence-corrected chi connectivity index (χ4v) is 10.4. The zero-order chi connectivity index (χ0) is 60.9. The number of esters is 1. The molecule has 1 aliphatic rings. The molecule has 0 aromatic rings. The Morgan fingerprint density at radius 1 is 0.440 bits per heavy atom. The van der Waals surface area contributed by atoms with Gasteiger partial charge >= 0.3 is 5.97 Å². The number of rotatable bonds is 60. The van der Waals surface area contributed by atoms with Gasteiger partial charge in [-0.15, -0.1) is 0 Å². The van der Waals surface area contributed by atoms with Crippen LogP contribution in [0.15, 0.2) is 85.1 Å². The molecule has 0 spiro atoms. The monoisotopic (exact) mass is 1180 g/mol. The second-order valence-corrected chi connectivity index (χ2v) is 23.8. The van der Waals surface area contributed by atoms with E-state index < -0.39 is 49.5 Å². The molecular weight excluding hydrogens is 1050 g/mol. The first-order valence-corrected chi connectivity index (χ1v) is 34.9. The minimum atomic E-state index is -1.58. The molecule has 486 valence electrons. The maximum Gasteiger partial charge on any atom is 0.305 e. The minimum absolute atomic E-state index is 0.0114. The summed E-state index contributed by atoms with van der Waals surface area (Å²) in [4.78, 5) is 25.1. The lowest BCUT2D eigenvalue weighted by atomic mass is 9.99. The predicted molar refractivity (Wildman–Crippen MR) is 352 cm³/mol. The topological polar surface area (TPSA) is 175 Å². The van der Waals surface area contributed by atoms with E-state index in [0.717, 1.165) is 83.5 Å². The minimum Gasteiger partial charge on any atom is -0.466 e. The van der Waals surface area contributed by atoms with Crippen LogP contribution in [-0.2, 0) is 23.8 Å². The number of allylic oxidation sites excluding steroid dienone is 13. The van der Waals surface area contributed by atoms with Gasteiger partial charge in [-0.25, -0.2) is 0 Å². The molecule has 1 heterocycles. The third kappa shape index (κ3) is 49.9. The molecule has 0 saturated carbocycles. The Morgan fingerprint density at radius 2 is 0.833 bits per heavy atom. The first-order chi connectivity index (χ1) is 41.2. The standard InChI is InChI=1S/C73H129NO10/c1-3-5-7-9-11-13-15-36-41-45-49-53-57-61-69(78)82-62-58-54-50-46-42-38-35-33-31-29-27-25-23-21-19-17-18-20-22-24-26-28-30-32-34-37-40-44-48-52-56-60-68(77)74-65(64-83-73-72(81)71(80)70(79)67(63-75)84-73)66(76)59-55-51-47-43-39-16-14-12-10-8-6-4-2/h7,9-10,12-13,15,19,21,25,27,39,43,55,59,65-67,70-73,75-76,79-81H,3-6,8,11,14,16-18,20,22-24,26,28-38,40-42,44-54,56-58,60-64H2,1-2H3,(H,74,77)/b9-7-,12-10+,15-13-,21-19-,27-25-,43-39+,59-55+. The number of hydrogen-bond donors (Lipinski definition) is 6. The van der Waals surface area contributed by atoms with Crippen molar-refractivity contribution >= 4 is 11.9 Å². The molecule has 7 unspecified atom stereocenters. The lowest BCUT2D eigenvalue weighted by Crippen LogP contribution is -2.60. The van der Waals surface area contributed by atoms with Crippen molar-refractivity contribution in [2.24, 2.45) is 0 Å². The van der Waals surface area contributed by atoms with E-state index >= 15 is 0 Å². The molecule has 7 atom stereocenters. The number of aliphatic hydroxyl groups excluding tert-OH is 5. The summed E-state index contributed by atoms with van der Waals surface area (Å²) in [6.45, 7) is 4.21. The van der Waals surface area contributed by atoms with Crippen molar-refractivity contribution in [3.63, 3.8) is 0 Å². The first-order valence-electron chi connectivity index (χ1n) is 34.9. The number of carbonyl (C=O) groups is 2. The number of aliphatic hydroxyl groups is 5. The van der Waals surface area contributed by atoms with Crippen LogP contribution < -0.4 is 5.32 Å². The Bertz CT molecular complexity index is 1670. The summed E-state index contributed by atoms with van der Waals surface area (Å²) in [5, 5.41) is 54.4. The Labute approximate surface area is 514 Å². The second kappa shape index (κ2) is 61.5. The fourth-order valence-electron chi connectivity index (χ4n) is 10.4. The van der Waals surface area contributed by atoms with E-state index in [9.17, 15) is 35.1 Å². The van der Waals surface area contributed by atoms with Crippen molar-refractivity contribution in [3.05, 3.63) is 85.1 Å². The van der Waals surface area contributed by atoms with Crippen molar-refractivity contribution in [2.45, 2.75) is 346 Å². The summed E-state index contributed by atoms with van der Waals surface area (Å²) in [6.07, 6.45) is 74.3. The molecule has 1 aliphatic heterocycles. The molecule has 84 heavy (non-hydrogen) atoms. The van der Waals surface area contributed by atoms with Crippen molar-refractivity contribution in [1.29, 1.82) is 0 Å². The molecular formula is C73H129NO10. The molecule has 11 nitrogen and oxygen atoms in total. The van der Waals surface area contributed by atoms with Crippen LogP contribution in [0, 0.1) is 0 Å². The van der Waals surface area contributed by atoms with Crippen LogP contribution in [0.4, 0.5) is 0 Å². The van der Waals surface area contributed by atoms with Crippen LogP contribution in [0.3, 0.4) is 0 Å². The van der Waals surface area contributed by atoms with Gasteiger partial charge in [0.05, 0.1) is 32.0 Å². The largest absolute Gasteiger partial charge is 0.466 e. The zero-order valence-electron chi connectivity index (χ0n) is 53.8. The SMILES string of the molecule is CCC/C=C\C/C=C\CCCCCCCC(=O)OCCCCCCCCCCC/C=C\C/C=C\CCCCCCCCCCCCCCCCCC(=O)NC(COC1OC(CO)C(O)C(O)C1O)C(O)/C=C/CC/C=C/CC/C=C/CCCC. The molecule has 1 rings (SSSR count). The number of carbonyl (C=O) groups excluding carboxylic acids is 2. The lowest BCUT2D eigenvalue weighted by molar-refractivity contribution is -0.302. The highest BCUT2D eigenvalue weighted by Gasteiger charge is 2.44. The molecule has 0 aromatic heterocycles. The van der Waals surface area contributed by atoms with E-state index in [0.29, 0.717) is 19.4 Å². The summed E-state index contributed by atoms with van der Waals surface area (Å²) in [6, 6.07) is -0.836. The molecule has 0 bridgehead atoms. The molecule has 11 heteroatoms. The van der Waals surface area contributed by atoms with Gasteiger partial charge < -0.3 is 45.1 Å². The van der Waals surface area contributed by atoms with E-state index in [1.54, 1.807) is 6.08 Å². The van der Waals surface area contributed by atoms with E-state index in [4.69, 9.17) is 14.2 Å². The van der Waals surface area contributed by atoms with Gasteiger partial charge in [-0.2, -0.15) is 0 Å². The van der Waals surface area contributed by atoms with Crippen molar-refractivity contribution in [1.82, 2.24) is 5.32 Å². The maximum atomic E-state index is 13.0. The van der Waals surface area contributed by atoms with E-state index in [-0.39, 0.29) is 18.5 Å². The van der Waals surface area contributed by atoms with E-state index in [1.807, 2.05) is 6.08 Å². The highest BCUT2D eigenvalue weighted by atomic mass is 16.7. The van der Waals surface area contributed by atoms with Crippen LogP contribution in [0.2, 0.25) is 0 Å². The number of amides is 1.